The third-order valence-electron chi connectivity index (χ3n) is 5.09. The molecule has 0 saturated carbocycles. The number of amides is 2. The molecule has 0 saturated heterocycles. The Morgan fingerprint density at radius 1 is 1.03 bits per heavy atom. The minimum absolute atomic E-state index is 0.131. The van der Waals surface area contributed by atoms with Crippen LogP contribution in [0.25, 0.3) is 11.1 Å². The van der Waals surface area contributed by atoms with Crippen molar-refractivity contribution in [3.8, 4) is 5.75 Å². The first kappa shape index (κ1) is 21.8. The molecule has 1 atom stereocenters. The highest BCUT2D eigenvalue weighted by molar-refractivity contribution is 6.05. The van der Waals surface area contributed by atoms with Crippen LogP contribution in [0, 0.1) is 5.82 Å². The number of halogens is 1. The number of anilines is 2. The Balaban J connectivity index is 1.57. The van der Waals surface area contributed by atoms with Crippen LogP contribution in [-0.2, 0) is 4.79 Å². The van der Waals surface area contributed by atoms with Crippen molar-refractivity contribution in [3.05, 3.63) is 88.7 Å². The zero-order valence-corrected chi connectivity index (χ0v) is 17.8. The van der Waals surface area contributed by atoms with Crippen molar-refractivity contribution in [2.45, 2.75) is 13.0 Å². The summed E-state index contributed by atoms with van der Waals surface area (Å²) in [6.07, 6.45) is 0. The number of fused-ring (bicyclic) bond motifs is 1. The zero-order chi connectivity index (χ0) is 23.5. The molecule has 3 aromatic carbocycles. The molecule has 0 aliphatic rings. The fourth-order valence-corrected chi connectivity index (χ4v) is 3.42. The molecule has 8 nitrogen and oxygen atoms in total. The van der Waals surface area contributed by atoms with E-state index in [1.807, 2.05) is 0 Å². The van der Waals surface area contributed by atoms with Crippen molar-refractivity contribution in [1.29, 1.82) is 0 Å². The van der Waals surface area contributed by atoms with E-state index >= 15 is 0 Å². The van der Waals surface area contributed by atoms with E-state index in [0.717, 1.165) is 6.07 Å². The van der Waals surface area contributed by atoms with Gasteiger partial charge in [0.05, 0.1) is 18.3 Å². The standard InChI is InChI=1S/C24H20FN3O5/c1-14(28-19-8-3-4-9-21(19)33-24(28)31)22(29)26-17-10-11-20(32-2)18(13-17)27-23(30)15-6-5-7-16(25)12-15/h3-14H,1-2H3,(H,26,29)(H,27,30). The summed E-state index contributed by atoms with van der Waals surface area (Å²) in [7, 11) is 1.43. The highest BCUT2D eigenvalue weighted by Crippen LogP contribution is 2.29. The van der Waals surface area contributed by atoms with E-state index in [0.29, 0.717) is 22.5 Å². The fourth-order valence-electron chi connectivity index (χ4n) is 3.42. The molecule has 9 heteroatoms. The lowest BCUT2D eigenvalue weighted by Crippen LogP contribution is -2.29. The normalized spacial score (nSPS) is 11.7. The second kappa shape index (κ2) is 8.99. The number of para-hydroxylation sites is 2. The van der Waals surface area contributed by atoms with Crippen LogP contribution >= 0.6 is 0 Å². The molecular weight excluding hydrogens is 429 g/mol. The van der Waals surface area contributed by atoms with Crippen molar-refractivity contribution < 1.29 is 23.1 Å². The van der Waals surface area contributed by atoms with E-state index in [9.17, 15) is 18.8 Å². The van der Waals surface area contributed by atoms with Gasteiger partial charge in [-0.1, -0.05) is 18.2 Å². The molecule has 1 aromatic heterocycles. The van der Waals surface area contributed by atoms with Gasteiger partial charge >= 0.3 is 5.76 Å². The predicted molar refractivity (Wildman–Crippen MR) is 121 cm³/mol. The number of methoxy groups -OCH3 is 1. The summed E-state index contributed by atoms with van der Waals surface area (Å²) >= 11 is 0. The quantitative estimate of drug-likeness (QED) is 0.459. The van der Waals surface area contributed by atoms with E-state index in [4.69, 9.17) is 9.15 Å². The van der Waals surface area contributed by atoms with E-state index in [1.54, 1.807) is 43.3 Å². The van der Waals surface area contributed by atoms with Gasteiger partial charge in [0, 0.05) is 11.3 Å². The summed E-state index contributed by atoms with van der Waals surface area (Å²) in [6.45, 7) is 1.58. The average Bonchev–Trinajstić information content (AvgIpc) is 3.14. The number of nitrogens with one attached hydrogen (secondary N) is 2. The molecule has 1 unspecified atom stereocenters. The molecule has 4 rings (SSSR count). The van der Waals surface area contributed by atoms with Gasteiger partial charge in [0.25, 0.3) is 5.91 Å². The third kappa shape index (κ3) is 4.47. The van der Waals surface area contributed by atoms with Crippen LogP contribution in [0.3, 0.4) is 0 Å². The van der Waals surface area contributed by atoms with Gasteiger partial charge in [-0.05, 0) is 55.5 Å². The van der Waals surface area contributed by atoms with Crippen LogP contribution in [0.15, 0.2) is 75.9 Å². The number of nitrogens with zero attached hydrogens (tertiary/aromatic N) is 1. The number of hydrogen-bond donors (Lipinski definition) is 2. The van der Waals surface area contributed by atoms with Crippen molar-refractivity contribution in [2.75, 3.05) is 17.7 Å². The molecule has 0 aliphatic heterocycles. The minimum Gasteiger partial charge on any atom is -0.495 e. The van der Waals surface area contributed by atoms with Crippen molar-refractivity contribution >= 4 is 34.3 Å². The van der Waals surface area contributed by atoms with Crippen molar-refractivity contribution in [2.24, 2.45) is 0 Å². The molecule has 168 valence electrons. The van der Waals surface area contributed by atoms with E-state index < -0.39 is 29.4 Å². The van der Waals surface area contributed by atoms with Gasteiger partial charge < -0.3 is 19.8 Å². The Bertz CT molecular complexity index is 1410. The number of carbonyl (C=O) groups excluding carboxylic acids is 2. The van der Waals surface area contributed by atoms with Gasteiger partial charge in [-0.3, -0.25) is 14.2 Å². The first-order chi connectivity index (χ1) is 15.9. The predicted octanol–water partition coefficient (Wildman–Crippen LogP) is 4.19. The lowest BCUT2D eigenvalue weighted by atomic mass is 10.2. The molecule has 0 aliphatic carbocycles. The van der Waals surface area contributed by atoms with Crippen LogP contribution in [0.5, 0.6) is 5.75 Å². The Morgan fingerprint density at radius 3 is 2.58 bits per heavy atom. The number of rotatable bonds is 6. The molecule has 0 bridgehead atoms. The largest absolute Gasteiger partial charge is 0.495 e. The Kier molecular flexibility index (Phi) is 5.95. The molecule has 0 radical (unpaired) electrons. The number of hydrogen-bond acceptors (Lipinski definition) is 5. The number of carbonyl (C=O) groups is 2. The second-order valence-corrected chi connectivity index (χ2v) is 7.25. The molecule has 0 fully saturated rings. The van der Waals surface area contributed by atoms with E-state index in [-0.39, 0.29) is 11.3 Å². The Labute approximate surface area is 187 Å². The Hall–Kier alpha value is -4.40. The molecule has 2 N–H and O–H groups in total. The monoisotopic (exact) mass is 449 g/mol. The molecular formula is C24H20FN3O5. The van der Waals surface area contributed by atoms with Crippen molar-refractivity contribution in [1.82, 2.24) is 4.57 Å². The summed E-state index contributed by atoms with van der Waals surface area (Å²) in [5, 5.41) is 5.39. The average molecular weight is 449 g/mol. The van der Waals surface area contributed by atoms with E-state index in [1.165, 1.54) is 35.9 Å². The number of benzene rings is 3. The highest BCUT2D eigenvalue weighted by atomic mass is 19.1. The van der Waals surface area contributed by atoms with Crippen LogP contribution in [0.4, 0.5) is 15.8 Å². The fraction of sp³-hybridized carbons (Fsp3) is 0.125. The van der Waals surface area contributed by atoms with Crippen LogP contribution in [0.2, 0.25) is 0 Å². The van der Waals surface area contributed by atoms with Gasteiger partial charge in [0.15, 0.2) is 5.58 Å². The maximum absolute atomic E-state index is 13.5. The third-order valence-corrected chi connectivity index (χ3v) is 5.09. The first-order valence-electron chi connectivity index (χ1n) is 10.0. The molecule has 2 amide bonds. The first-order valence-corrected chi connectivity index (χ1v) is 10.0. The summed E-state index contributed by atoms with van der Waals surface area (Å²) in [4.78, 5) is 37.7. The van der Waals surface area contributed by atoms with E-state index in [2.05, 4.69) is 10.6 Å². The molecule has 0 spiro atoms. The van der Waals surface area contributed by atoms with Gasteiger partial charge in [-0.2, -0.15) is 0 Å². The summed E-state index contributed by atoms with van der Waals surface area (Å²) in [6, 6.07) is 15.9. The van der Waals surface area contributed by atoms with Gasteiger partial charge in [0.1, 0.15) is 17.6 Å². The number of oxazole rings is 1. The zero-order valence-electron chi connectivity index (χ0n) is 17.8. The van der Waals surface area contributed by atoms with Crippen LogP contribution < -0.4 is 21.1 Å². The lowest BCUT2D eigenvalue weighted by Gasteiger charge is -2.15. The maximum atomic E-state index is 13.5. The van der Waals surface area contributed by atoms with Crippen LogP contribution in [0.1, 0.15) is 23.3 Å². The molecule has 4 aromatic rings. The minimum atomic E-state index is -0.867. The summed E-state index contributed by atoms with van der Waals surface area (Å²) in [5.41, 5.74) is 1.66. The van der Waals surface area contributed by atoms with Crippen LogP contribution in [-0.4, -0.2) is 23.5 Å². The number of aromatic nitrogens is 1. The topological polar surface area (TPSA) is 103 Å². The van der Waals surface area contributed by atoms with Crippen molar-refractivity contribution in [3.63, 3.8) is 0 Å². The molecule has 1 heterocycles. The highest BCUT2D eigenvalue weighted by Gasteiger charge is 2.22. The summed E-state index contributed by atoms with van der Waals surface area (Å²) < 4.78 is 25.2. The van der Waals surface area contributed by atoms with Gasteiger partial charge in [-0.25, -0.2) is 9.18 Å². The second-order valence-electron chi connectivity index (χ2n) is 7.25. The molecule has 33 heavy (non-hydrogen) atoms. The smallest absolute Gasteiger partial charge is 0.420 e. The maximum Gasteiger partial charge on any atom is 0.420 e. The SMILES string of the molecule is COc1ccc(NC(=O)C(C)n2c(=O)oc3ccccc32)cc1NC(=O)c1cccc(F)c1. The number of ether oxygens (including phenoxy) is 1. The van der Waals surface area contributed by atoms with Gasteiger partial charge in [-0.15, -0.1) is 0 Å². The lowest BCUT2D eigenvalue weighted by molar-refractivity contribution is -0.118. The van der Waals surface area contributed by atoms with Gasteiger partial charge in [0.2, 0.25) is 5.91 Å². The Morgan fingerprint density at radius 2 is 1.82 bits per heavy atom. The summed E-state index contributed by atoms with van der Waals surface area (Å²) in [5.74, 6) is -1.83.